The molecular formula is C82H109N17O19. The first kappa shape index (κ1) is 92.5. The number of phenolic OH excluding ortho intramolecular Hbond substituents is 2. The molecule has 2 aliphatic heterocycles. The van der Waals surface area contributed by atoms with Crippen LogP contribution in [0.15, 0.2) is 109 Å². The minimum atomic E-state index is -1.94. The molecule has 2 aliphatic rings. The van der Waals surface area contributed by atoms with Gasteiger partial charge in [0.25, 0.3) is 0 Å². The van der Waals surface area contributed by atoms with Crippen LogP contribution in [0.5, 0.6) is 11.5 Å². The number of phenols is 2. The number of aromatic nitrogens is 1. The number of likely N-dealkylation sites (tertiary alicyclic amines) is 1. The molecule has 2 fully saturated rings. The maximum atomic E-state index is 15.2. The minimum Gasteiger partial charge on any atom is -0.508 e. The Morgan fingerprint density at radius 1 is 0.525 bits per heavy atom. The number of rotatable bonds is 20. The van der Waals surface area contributed by atoms with Crippen LogP contribution >= 0.6 is 0 Å². The summed E-state index contributed by atoms with van der Waals surface area (Å²) in [6.07, 6.45) is -2.59. The minimum absolute atomic E-state index is 0.0143. The summed E-state index contributed by atoms with van der Waals surface area (Å²) in [6, 6.07) is 9.81. The Morgan fingerprint density at radius 2 is 1.03 bits per heavy atom. The number of carbonyl (C=O) groups is 16. The molecule has 4 aromatic carbocycles. The number of hydrogen-bond acceptors (Lipinski definition) is 20. The van der Waals surface area contributed by atoms with Gasteiger partial charge in [-0.1, -0.05) is 100.0 Å². The van der Waals surface area contributed by atoms with Crippen molar-refractivity contribution in [2.75, 3.05) is 33.3 Å². The molecule has 0 aliphatic carbocycles. The van der Waals surface area contributed by atoms with Gasteiger partial charge in [0, 0.05) is 93.6 Å². The fourth-order valence-electron chi connectivity index (χ4n) is 13.8. The molecule has 0 bridgehead atoms. The van der Waals surface area contributed by atoms with Crippen LogP contribution in [0.1, 0.15) is 128 Å². The first-order valence-corrected chi connectivity index (χ1v) is 39.3. The summed E-state index contributed by atoms with van der Waals surface area (Å²) in [7, 11) is 1.19. The summed E-state index contributed by atoms with van der Waals surface area (Å²) < 4.78 is 0. The van der Waals surface area contributed by atoms with E-state index in [0.717, 1.165) is 4.90 Å². The Hall–Kier alpha value is -12.6. The Morgan fingerprint density at radius 3 is 1.61 bits per heavy atom. The molecule has 5 aromatic rings. The quantitative estimate of drug-likeness (QED) is 0.0250. The Kier molecular flexibility index (Phi) is 34.9. The number of para-hydroxylation sites is 1. The number of hydrogen-bond donors (Lipinski definition) is 18. The second-order valence-corrected chi connectivity index (χ2v) is 30.3. The van der Waals surface area contributed by atoms with Crippen molar-refractivity contribution in [3.05, 3.63) is 132 Å². The topological polar surface area (TPSA) is 578 Å². The number of H-pyrrole nitrogens is 1. The van der Waals surface area contributed by atoms with Crippen molar-refractivity contribution in [2.45, 2.75) is 191 Å². The van der Waals surface area contributed by atoms with Crippen molar-refractivity contribution in [3.8, 4) is 11.5 Å². The van der Waals surface area contributed by atoms with Gasteiger partial charge < -0.3 is 100 Å². The van der Waals surface area contributed by atoms with Crippen LogP contribution in [-0.2, 0) is 102 Å². The number of aliphatic hydroxyl groups is 1. The van der Waals surface area contributed by atoms with Gasteiger partial charge in [0.2, 0.25) is 76.8 Å². The summed E-state index contributed by atoms with van der Waals surface area (Å²) in [4.78, 5) is 236. The van der Waals surface area contributed by atoms with Crippen LogP contribution < -0.4 is 70.4 Å². The van der Waals surface area contributed by atoms with Gasteiger partial charge in [-0.05, 0) is 111 Å². The molecule has 14 atom stereocenters. The summed E-state index contributed by atoms with van der Waals surface area (Å²) in [5.41, 5.74) is 19.3. The van der Waals surface area contributed by atoms with Crippen molar-refractivity contribution in [3.63, 3.8) is 0 Å². The van der Waals surface area contributed by atoms with Crippen LogP contribution in [-0.4, -0.2) is 224 Å². The molecule has 0 saturated carbocycles. The highest BCUT2D eigenvalue weighted by Gasteiger charge is 2.41. The highest BCUT2D eigenvalue weighted by atomic mass is 16.3. The van der Waals surface area contributed by atoms with E-state index in [1.54, 1.807) is 74.6 Å². The number of aromatic hydroxyl groups is 2. The highest BCUT2D eigenvalue weighted by molar-refractivity contribution is 6.02. The summed E-state index contributed by atoms with van der Waals surface area (Å²) in [5, 5.41) is 65.2. The summed E-state index contributed by atoms with van der Waals surface area (Å²) in [6.45, 7) is 6.66. The molecule has 13 amide bonds. The number of amides is 13. The van der Waals surface area contributed by atoms with Crippen molar-refractivity contribution >= 4 is 111 Å². The van der Waals surface area contributed by atoms with Gasteiger partial charge in [-0.2, -0.15) is 0 Å². The predicted molar refractivity (Wildman–Crippen MR) is 430 cm³/mol. The Bertz CT molecular complexity index is 4440. The number of Topliss-reactive ketones (excluding diaryl/α,β-unsaturated/α-hetero) is 3. The average molecular weight is 1640 g/mol. The van der Waals surface area contributed by atoms with E-state index in [4.69, 9.17) is 22.6 Å². The standard InChI is InChI=1S/C82H109N17O19/c1-7-44(2)71-80(117)94-60(36-53-42-88-57-19-12-11-18-56(53)57)77(114)95-63(81(118)99-30-13-14-31-99)41-70(108)98(6)47(5)73(110)91-61(39-68(83)106)78(115)92-59(35-48-16-9-8-10-17-48)76(113)93-62(40-69(84)107)79(116)96-64(43-100)67(105)32-45(3)65(103)37-51(33-49-21-25-54(101)26-22-49)66(104)38-52(34-50-23-27-55(102)28-24-50)74(111)90-58(20-15-29-87-82(85)86)75(112)89-46(4)72(109)97-71/h8-12,16-19,21-28,42,44-47,51-52,58-64,71,88,100-102H,7,13-15,20,29-41,43H2,1-6H3,(H2,83,106)(H2,84,107)(H,89,112)(H,90,111)(H,91,110)(H,92,115)(H,93,113)(H,94,117)(H,95,114)(H,96,116)(H,97,109)(H4,85,86,87)/t44-,45+,46-,47-,51+,52+,58-,59-,60-,61-,62-,63-,64-,71-/m0/s1. The van der Waals surface area contributed by atoms with Gasteiger partial charge in [-0.3, -0.25) is 82.1 Å². The fourth-order valence-corrected chi connectivity index (χ4v) is 13.8. The van der Waals surface area contributed by atoms with Crippen LogP contribution in [0.3, 0.4) is 0 Å². The predicted octanol–water partition coefficient (Wildman–Crippen LogP) is -1.10. The molecule has 636 valence electrons. The van der Waals surface area contributed by atoms with Gasteiger partial charge >= 0.3 is 0 Å². The number of fused-ring (bicyclic) bond motifs is 1. The lowest BCUT2D eigenvalue weighted by Crippen LogP contribution is -2.61. The van der Waals surface area contributed by atoms with Crippen LogP contribution in [0.25, 0.3) is 10.9 Å². The smallest absolute Gasteiger partial charge is 0.245 e. The molecular weight excluding hydrogens is 1530 g/mol. The lowest BCUT2D eigenvalue weighted by Gasteiger charge is -2.31. The van der Waals surface area contributed by atoms with Crippen LogP contribution in [0.4, 0.5) is 0 Å². The normalized spacial score (nSPS) is 24.6. The third-order valence-corrected chi connectivity index (χ3v) is 21.2. The zero-order valence-corrected chi connectivity index (χ0v) is 66.9. The largest absolute Gasteiger partial charge is 0.508 e. The van der Waals surface area contributed by atoms with Gasteiger partial charge in [-0.15, -0.1) is 0 Å². The maximum Gasteiger partial charge on any atom is 0.245 e. The molecule has 3 heterocycles. The monoisotopic (exact) mass is 1640 g/mol. The SMILES string of the molecule is CC[C@H](C)[C@@H]1NC(=O)[C@H](C)NC(=O)[C@H](CCCNC(=N)N)NC(=O)[C@H](Cc2ccc(O)cc2)CC(=O)[C@H](Cc2ccc(O)cc2)CC(=O)[C@H](C)CC(=O)[C@H](CO)NC(=O)[C@H](CC(N)=O)NC(=O)[C@H](Cc2ccccc2)NC(=O)[C@H](CC(N)=O)NC(=O)[C@H](C)N(C)C(=O)C[C@@H](C(=O)N2CCCC2)NC(=O)[C@H](Cc2c[nH]c3ccccc23)NC1=O. The van der Waals surface area contributed by atoms with E-state index in [-0.39, 0.29) is 76.1 Å². The first-order chi connectivity index (χ1) is 56.0. The molecule has 21 N–H and O–H groups in total. The van der Waals surface area contributed by atoms with E-state index >= 15 is 19.2 Å². The fraction of sp³-hybridized carbons (Fsp3) is 0.476. The van der Waals surface area contributed by atoms with Crippen LogP contribution in [0, 0.1) is 29.1 Å². The van der Waals surface area contributed by atoms with Gasteiger partial charge in [0.05, 0.1) is 25.9 Å². The number of likely N-dealkylation sites (N-methyl/N-ethyl adjacent to an activating group) is 1. The lowest BCUT2D eigenvalue weighted by molar-refractivity contribution is -0.143. The molecule has 7 rings (SSSR count). The van der Waals surface area contributed by atoms with E-state index in [0.29, 0.717) is 46.0 Å². The molecule has 2 saturated heterocycles. The number of primary amides is 2. The van der Waals surface area contributed by atoms with Gasteiger partial charge in [-0.25, -0.2) is 0 Å². The summed E-state index contributed by atoms with van der Waals surface area (Å²) >= 11 is 0. The number of nitrogens with one attached hydrogen (secondary N) is 12. The molecule has 0 unspecified atom stereocenters. The third kappa shape index (κ3) is 27.8. The number of nitrogens with two attached hydrogens (primary N) is 3. The molecule has 36 heteroatoms. The van der Waals surface area contributed by atoms with Crippen molar-refractivity contribution in [2.24, 2.45) is 40.9 Å². The van der Waals surface area contributed by atoms with Crippen LogP contribution in [0.2, 0.25) is 0 Å². The van der Waals surface area contributed by atoms with E-state index in [2.05, 4.69) is 58.2 Å². The van der Waals surface area contributed by atoms with E-state index < -0.39 is 229 Å². The molecule has 118 heavy (non-hydrogen) atoms. The summed E-state index contributed by atoms with van der Waals surface area (Å²) in [5.74, 6) is -20.7. The van der Waals surface area contributed by atoms with Gasteiger partial charge in [0.15, 0.2) is 11.7 Å². The van der Waals surface area contributed by atoms with E-state index in [9.17, 15) is 72.9 Å². The molecule has 36 nitrogen and oxygen atoms in total. The number of guanidine groups is 1. The molecule has 0 spiro atoms. The van der Waals surface area contributed by atoms with Crippen molar-refractivity contribution in [1.82, 2.24) is 68.0 Å². The van der Waals surface area contributed by atoms with Crippen molar-refractivity contribution < 1.29 is 92.0 Å². The number of benzene rings is 4. The molecule has 0 radical (unpaired) electrons. The average Bonchev–Trinajstić information content (AvgIpc) is 1.46. The second-order valence-electron chi connectivity index (χ2n) is 30.3. The van der Waals surface area contributed by atoms with E-state index in [1.807, 2.05) is 0 Å². The number of ketones is 3. The third-order valence-electron chi connectivity index (χ3n) is 21.2. The highest BCUT2D eigenvalue weighted by Crippen LogP contribution is 2.27. The zero-order chi connectivity index (χ0) is 86.6. The number of nitrogens with zero attached hydrogens (tertiary/aromatic N) is 2. The Labute approximate surface area is 682 Å². The van der Waals surface area contributed by atoms with Gasteiger partial charge in [0.1, 0.15) is 83.5 Å². The number of carbonyl (C=O) groups excluding carboxylic acids is 16. The van der Waals surface area contributed by atoms with E-state index in [1.165, 1.54) is 81.2 Å². The Balaban J connectivity index is 1.30. The number of aromatic amines is 1. The second kappa shape index (κ2) is 44.5. The van der Waals surface area contributed by atoms with Crippen molar-refractivity contribution in [1.29, 1.82) is 5.41 Å². The maximum absolute atomic E-state index is 15.2. The lowest BCUT2D eigenvalue weighted by atomic mass is 9.82. The zero-order valence-electron chi connectivity index (χ0n) is 66.9. The number of aliphatic hydroxyl groups excluding tert-OH is 1. The first-order valence-electron chi connectivity index (χ1n) is 39.3. The molecule has 1 aromatic heterocycles.